The third kappa shape index (κ3) is 2.68. The van der Waals surface area contributed by atoms with E-state index in [1.807, 2.05) is 0 Å². The highest BCUT2D eigenvalue weighted by atomic mass is 35.5. The normalized spacial score (nSPS) is 10.7. The van der Waals surface area contributed by atoms with Gasteiger partial charge in [0, 0.05) is 18.1 Å². The fourth-order valence-corrected chi connectivity index (χ4v) is 0.791. The van der Waals surface area contributed by atoms with E-state index in [1.165, 1.54) is 12.3 Å². The van der Waals surface area contributed by atoms with Gasteiger partial charge in [0.25, 0.3) is 0 Å². The molecule has 1 heterocycles. The fraction of sp³-hybridized carbons (Fsp3) is 0.125. The molecule has 1 aromatic heterocycles. The molecular formula is C8H7ClFN. The van der Waals surface area contributed by atoms with E-state index in [1.54, 1.807) is 18.2 Å². The van der Waals surface area contributed by atoms with Gasteiger partial charge in [-0.15, -0.1) is 11.6 Å². The summed E-state index contributed by atoms with van der Waals surface area (Å²) < 4.78 is 12.4. The zero-order chi connectivity index (χ0) is 8.10. The Morgan fingerprint density at radius 1 is 1.64 bits per heavy atom. The Hall–Kier alpha value is -0.890. The zero-order valence-corrected chi connectivity index (χ0v) is 6.55. The molecule has 0 saturated heterocycles. The van der Waals surface area contributed by atoms with Crippen molar-refractivity contribution < 1.29 is 4.39 Å². The molecule has 1 aromatic rings. The molecule has 1 rings (SSSR count). The van der Waals surface area contributed by atoms with Crippen LogP contribution in [0.2, 0.25) is 0 Å². The molecular weight excluding hydrogens is 165 g/mol. The number of pyridine rings is 1. The number of allylic oxidation sites excluding steroid dienone is 1. The summed E-state index contributed by atoms with van der Waals surface area (Å²) in [5.74, 6) is -0.0362. The zero-order valence-electron chi connectivity index (χ0n) is 5.80. The van der Waals surface area contributed by atoms with Crippen molar-refractivity contribution in [1.29, 1.82) is 0 Å². The first-order chi connectivity index (χ1) is 5.33. The third-order valence-electron chi connectivity index (χ3n) is 1.15. The summed E-state index contributed by atoms with van der Waals surface area (Å²) in [6.45, 7) is 0. The quantitative estimate of drug-likeness (QED) is 0.492. The molecule has 0 N–H and O–H groups in total. The van der Waals surface area contributed by atoms with Gasteiger partial charge in [0.15, 0.2) is 0 Å². The molecule has 0 saturated carbocycles. The van der Waals surface area contributed by atoms with Gasteiger partial charge in [0.1, 0.15) is 0 Å². The van der Waals surface area contributed by atoms with Gasteiger partial charge in [0.05, 0.1) is 0 Å². The molecule has 0 aliphatic heterocycles. The summed E-state index contributed by atoms with van der Waals surface area (Å²) in [5, 5.41) is 0. The third-order valence-corrected chi connectivity index (χ3v) is 1.33. The Bertz CT molecular complexity index is 260. The van der Waals surface area contributed by atoms with Crippen LogP contribution in [0.25, 0.3) is 6.08 Å². The highest BCUT2D eigenvalue weighted by Crippen LogP contribution is 2.02. The van der Waals surface area contributed by atoms with Crippen LogP contribution < -0.4 is 0 Å². The second-order valence-corrected chi connectivity index (χ2v) is 2.28. The van der Waals surface area contributed by atoms with Crippen LogP contribution in [-0.2, 0) is 0 Å². The topological polar surface area (TPSA) is 12.9 Å². The maximum atomic E-state index is 12.4. The van der Waals surface area contributed by atoms with Gasteiger partial charge in [-0.05, 0) is 11.6 Å². The average Bonchev–Trinajstić information content (AvgIpc) is 2.01. The Kier molecular flexibility index (Phi) is 3.05. The first kappa shape index (κ1) is 8.21. The molecule has 0 bridgehead atoms. The molecule has 0 aromatic carbocycles. The molecule has 0 aliphatic rings. The first-order valence-electron chi connectivity index (χ1n) is 3.17. The van der Waals surface area contributed by atoms with E-state index in [9.17, 15) is 4.39 Å². The monoisotopic (exact) mass is 171 g/mol. The van der Waals surface area contributed by atoms with E-state index in [0.29, 0.717) is 5.88 Å². The van der Waals surface area contributed by atoms with Crippen molar-refractivity contribution in [2.45, 2.75) is 0 Å². The van der Waals surface area contributed by atoms with Crippen LogP contribution in [-0.4, -0.2) is 10.9 Å². The number of aromatic nitrogens is 1. The standard InChI is InChI=1S/C8H7ClFN/c9-4-1-2-7-3-5-11-8(10)6-7/h1-3,5-6H,4H2. The average molecular weight is 172 g/mol. The lowest BCUT2D eigenvalue weighted by Crippen LogP contribution is -1.81. The molecule has 0 atom stereocenters. The number of halogens is 2. The van der Waals surface area contributed by atoms with Crippen molar-refractivity contribution in [2.75, 3.05) is 5.88 Å². The number of rotatable bonds is 2. The SMILES string of the molecule is Fc1cc(C=CCCl)ccn1. The van der Waals surface area contributed by atoms with Crippen molar-refractivity contribution >= 4 is 17.7 Å². The fourth-order valence-electron chi connectivity index (χ4n) is 0.702. The van der Waals surface area contributed by atoms with E-state index in [-0.39, 0.29) is 0 Å². The van der Waals surface area contributed by atoms with Gasteiger partial charge in [-0.25, -0.2) is 4.98 Å². The molecule has 0 spiro atoms. The lowest BCUT2D eigenvalue weighted by molar-refractivity contribution is 0.583. The summed E-state index contributed by atoms with van der Waals surface area (Å²) in [6, 6.07) is 3.06. The maximum Gasteiger partial charge on any atom is 0.213 e. The molecule has 0 amide bonds. The molecule has 1 nitrogen and oxygen atoms in total. The van der Waals surface area contributed by atoms with Crippen molar-refractivity contribution in [2.24, 2.45) is 0 Å². The van der Waals surface area contributed by atoms with Crippen molar-refractivity contribution in [3.05, 3.63) is 35.9 Å². The molecule has 0 aliphatic carbocycles. The van der Waals surface area contributed by atoms with E-state index in [2.05, 4.69) is 4.98 Å². The van der Waals surface area contributed by atoms with Gasteiger partial charge in [-0.1, -0.05) is 12.2 Å². The van der Waals surface area contributed by atoms with Crippen LogP contribution in [0.3, 0.4) is 0 Å². The Labute approximate surface area is 69.5 Å². The number of hydrogen-bond donors (Lipinski definition) is 0. The Morgan fingerprint density at radius 3 is 3.09 bits per heavy atom. The maximum absolute atomic E-state index is 12.4. The lowest BCUT2D eigenvalue weighted by Gasteiger charge is -1.90. The van der Waals surface area contributed by atoms with Crippen LogP contribution in [0.15, 0.2) is 24.4 Å². The molecule has 3 heteroatoms. The highest BCUT2D eigenvalue weighted by molar-refractivity contribution is 6.19. The van der Waals surface area contributed by atoms with Gasteiger partial charge in [-0.3, -0.25) is 0 Å². The predicted molar refractivity (Wildman–Crippen MR) is 43.9 cm³/mol. The van der Waals surface area contributed by atoms with Crippen LogP contribution in [0.4, 0.5) is 4.39 Å². The van der Waals surface area contributed by atoms with E-state index < -0.39 is 5.95 Å². The minimum Gasteiger partial charge on any atom is -0.228 e. The molecule has 0 radical (unpaired) electrons. The van der Waals surface area contributed by atoms with Gasteiger partial charge in [-0.2, -0.15) is 4.39 Å². The van der Waals surface area contributed by atoms with Gasteiger partial charge >= 0.3 is 0 Å². The predicted octanol–water partition coefficient (Wildman–Crippen LogP) is 2.47. The minimum absolute atomic E-state index is 0.434. The largest absolute Gasteiger partial charge is 0.228 e. The molecule has 11 heavy (non-hydrogen) atoms. The van der Waals surface area contributed by atoms with Gasteiger partial charge < -0.3 is 0 Å². The van der Waals surface area contributed by atoms with Crippen molar-refractivity contribution in [3.63, 3.8) is 0 Å². The Morgan fingerprint density at radius 2 is 2.45 bits per heavy atom. The lowest BCUT2D eigenvalue weighted by atomic mass is 10.2. The minimum atomic E-state index is -0.471. The molecule has 0 fully saturated rings. The summed E-state index contributed by atoms with van der Waals surface area (Å²) >= 11 is 5.40. The van der Waals surface area contributed by atoms with Crippen molar-refractivity contribution in [1.82, 2.24) is 4.98 Å². The summed E-state index contributed by atoms with van der Waals surface area (Å²) in [6.07, 6.45) is 4.91. The molecule has 0 unspecified atom stereocenters. The van der Waals surface area contributed by atoms with Gasteiger partial charge in [0.2, 0.25) is 5.95 Å². The summed E-state index contributed by atoms with van der Waals surface area (Å²) in [7, 11) is 0. The molecule has 58 valence electrons. The van der Waals surface area contributed by atoms with Crippen molar-refractivity contribution in [3.8, 4) is 0 Å². The van der Waals surface area contributed by atoms with Crippen LogP contribution in [0, 0.1) is 5.95 Å². The second-order valence-electron chi connectivity index (χ2n) is 1.97. The number of nitrogens with zero attached hydrogens (tertiary/aromatic N) is 1. The smallest absolute Gasteiger partial charge is 0.213 e. The first-order valence-corrected chi connectivity index (χ1v) is 3.70. The second kappa shape index (κ2) is 4.09. The summed E-state index contributed by atoms with van der Waals surface area (Å²) in [4.78, 5) is 3.41. The highest BCUT2D eigenvalue weighted by Gasteiger charge is 1.89. The van der Waals surface area contributed by atoms with Crippen LogP contribution >= 0.6 is 11.6 Å². The van der Waals surface area contributed by atoms with Crippen LogP contribution in [0.1, 0.15) is 5.56 Å². The van der Waals surface area contributed by atoms with E-state index in [0.717, 1.165) is 5.56 Å². The van der Waals surface area contributed by atoms with E-state index >= 15 is 0 Å². The Balaban J connectivity index is 2.79. The van der Waals surface area contributed by atoms with E-state index in [4.69, 9.17) is 11.6 Å². The van der Waals surface area contributed by atoms with Crippen LogP contribution in [0.5, 0.6) is 0 Å². The summed E-state index contributed by atoms with van der Waals surface area (Å²) in [5.41, 5.74) is 0.776. The number of alkyl halides is 1. The number of hydrogen-bond acceptors (Lipinski definition) is 1.